The van der Waals surface area contributed by atoms with Crippen LogP contribution in [0.4, 0.5) is 11.4 Å². The molecule has 3 rings (SSSR count). The Bertz CT molecular complexity index is 1070. The number of anilines is 1. The van der Waals surface area contributed by atoms with Gasteiger partial charge in [-0.2, -0.15) is 0 Å². The average Bonchev–Trinajstić information content (AvgIpc) is 2.83. The minimum Gasteiger partial charge on any atom is -0.386 e. The van der Waals surface area contributed by atoms with E-state index in [1.807, 2.05) is 7.05 Å². The first-order valence-corrected chi connectivity index (χ1v) is 11.7. The van der Waals surface area contributed by atoms with Crippen LogP contribution in [-0.4, -0.2) is 13.8 Å². The molecule has 0 fully saturated rings. The number of rotatable bonds is 8. The smallest absolute Gasteiger partial charge is 0.0938 e. The zero-order valence-electron chi connectivity index (χ0n) is 20.8. The lowest BCUT2D eigenvalue weighted by molar-refractivity contribution is 0.506. The summed E-state index contributed by atoms with van der Waals surface area (Å²) >= 11 is 0. The van der Waals surface area contributed by atoms with Gasteiger partial charge in [-0.15, -0.1) is 0 Å². The van der Waals surface area contributed by atoms with Crippen LogP contribution in [0.25, 0.3) is 22.3 Å². The van der Waals surface area contributed by atoms with Crippen molar-refractivity contribution in [1.29, 1.82) is 0 Å². The first kappa shape index (κ1) is 23.8. The second-order valence-corrected chi connectivity index (χ2v) is 9.92. The van der Waals surface area contributed by atoms with Gasteiger partial charge in [-0.05, 0) is 52.6 Å². The number of nitrogens with one attached hydrogen (secondary N) is 1. The van der Waals surface area contributed by atoms with Gasteiger partial charge in [0.15, 0.2) is 0 Å². The lowest BCUT2D eigenvalue weighted by Gasteiger charge is -2.24. The lowest BCUT2D eigenvalue weighted by Crippen LogP contribution is -2.15. The van der Waals surface area contributed by atoms with Crippen molar-refractivity contribution < 1.29 is 0 Å². The summed E-state index contributed by atoms with van der Waals surface area (Å²) in [6.07, 6.45) is 2.22. The Morgan fingerprint density at radius 1 is 0.688 bits per heavy atom. The Morgan fingerprint density at radius 2 is 1.09 bits per heavy atom. The number of nitrogens with zero attached hydrogens (tertiary/aromatic N) is 1. The highest BCUT2D eigenvalue weighted by Gasteiger charge is 2.20. The van der Waals surface area contributed by atoms with Gasteiger partial charge in [-0.3, -0.25) is 4.99 Å². The van der Waals surface area contributed by atoms with Crippen LogP contribution in [0.2, 0.25) is 0 Å². The molecule has 2 heteroatoms. The molecule has 0 aliphatic rings. The first-order chi connectivity index (χ1) is 15.2. The largest absolute Gasteiger partial charge is 0.386 e. The second-order valence-electron chi connectivity index (χ2n) is 9.92. The Labute approximate surface area is 194 Å². The van der Waals surface area contributed by atoms with Crippen LogP contribution in [0.3, 0.4) is 0 Å². The SMILES string of the molecule is C=Nc1c(-c2ccc(C(C)(C)CC)cc2)ccc(-c2ccc(C(C)(C)CC)cc2)c1NC. The molecule has 0 unspecified atom stereocenters. The van der Waals surface area contributed by atoms with Crippen molar-refractivity contribution in [2.24, 2.45) is 4.99 Å². The van der Waals surface area contributed by atoms with Gasteiger partial charge in [0.2, 0.25) is 0 Å². The third-order valence-electron chi connectivity index (χ3n) is 7.31. The summed E-state index contributed by atoms with van der Waals surface area (Å²) in [5.74, 6) is 0. The van der Waals surface area contributed by atoms with Crippen LogP contribution in [0.1, 0.15) is 65.5 Å². The molecule has 2 nitrogen and oxygen atoms in total. The molecule has 0 spiro atoms. The summed E-state index contributed by atoms with van der Waals surface area (Å²) in [5.41, 5.74) is 9.56. The second kappa shape index (κ2) is 9.32. The molecule has 0 aliphatic carbocycles. The molecule has 3 aromatic rings. The normalized spacial score (nSPS) is 12.0. The standard InChI is InChI=1S/C30H38N2/c1-9-29(3,4)23-15-11-21(12-16-23)25-19-20-26(28(32-8)27(25)31-7)22-13-17-24(18-14-22)30(5,6)10-2/h11-20,32H,7,9-10H2,1-6,8H3. The van der Waals surface area contributed by atoms with Crippen LogP contribution < -0.4 is 5.32 Å². The van der Waals surface area contributed by atoms with Crippen LogP contribution >= 0.6 is 0 Å². The molecule has 0 radical (unpaired) electrons. The van der Waals surface area contributed by atoms with Gasteiger partial charge in [-0.1, -0.05) is 102 Å². The Morgan fingerprint density at radius 3 is 1.47 bits per heavy atom. The highest BCUT2D eigenvalue weighted by Crippen LogP contribution is 2.43. The Balaban J connectivity index is 2.05. The predicted octanol–water partition coefficient (Wildman–Crippen LogP) is 8.77. The van der Waals surface area contributed by atoms with Crippen LogP contribution in [0, 0.1) is 0 Å². The fraction of sp³-hybridized carbons (Fsp3) is 0.367. The fourth-order valence-electron chi connectivity index (χ4n) is 4.09. The van der Waals surface area contributed by atoms with E-state index in [1.165, 1.54) is 16.7 Å². The quantitative estimate of drug-likeness (QED) is 0.358. The maximum absolute atomic E-state index is 4.45. The molecule has 0 heterocycles. The molecule has 0 aliphatic heterocycles. The number of hydrogen-bond donors (Lipinski definition) is 1. The maximum atomic E-state index is 4.45. The summed E-state index contributed by atoms with van der Waals surface area (Å²) in [6, 6.07) is 22.2. The van der Waals surface area contributed by atoms with Gasteiger partial charge >= 0.3 is 0 Å². The van der Waals surface area contributed by atoms with Crippen molar-refractivity contribution in [2.45, 2.75) is 65.2 Å². The first-order valence-electron chi connectivity index (χ1n) is 11.7. The van der Waals surface area contributed by atoms with Crippen molar-refractivity contribution in [3.8, 4) is 22.3 Å². The Kier molecular flexibility index (Phi) is 6.93. The molecule has 0 aromatic heterocycles. The molecule has 0 atom stereocenters. The number of hydrogen-bond acceptors (Lipinski definition) is 2. The third-order valence-corrected chi connectivity index (χ3v) is 7.31. The lowest BCUT2D eigenvalue weighted by atomic mass is 9.81. The van der Waals surface area contributed by atoms with Crippen LogP contribution in [0.5, 0.6) is 0 Å². The van der Waals surface area contributed by atoms with Crippen molar-refractivity contribution in [3.05, 3.63) is 71.8 Å². The van der Waals surface area contributed by atoms with E-state index in [4.69, 9.17) is 0 Å². The van der Waals surface area contributed by atoms with Gasteiger partial charge in [0.05, 0.1) is 11.4 Å². The molecular formula is C30H38N2. The minimum absolute atomic E-state index is 0.177. The molecule has 0 saturated carbocycles. The van der Waals surface area contributed by atoms with E-state index in [0.29, 0.717) is 0 Å². The van der Waals surface area contributed by atoms with Crippen molar-refractivity contribution >= 4 is 18.1 Å². The summed E-state index contributed by atoms with van der Waals surface area (Å²) in [7, 11) is 1.96. The van der Waals surface area contributed by atoms with E-state index in [-0.39, 0.29) is 10.8 Å². The van der Waals surface area contributed by atoms with Crippen molar-refractivity contribution in [3.63, 3.8) is 0 Å². The zero-order chi connectivity index (χ0) is 23.5. The highest BCUT2D eigenvalue weighted by atomic mass is 14.9. The van der Waals surface area contributed by atoms with E-state index in [9.17, 15) is 0 Å². The molecule has 0 amide bonds. The molecular weight excluding hydrogens is 388 g/mol. The van der Waals surface area contributed by atoms with Crippen LogP contribution in [-0.2, 0) is 10.8 Å². The van der Waals surface area contributed by atoms with Gasteiger partial charge in [-0.25, -0.2) is 0 Å². The zero-order valence-corrected chi connectivity index (χ0v) is 20.8. The summed E-state index contributed by atoms with van der Waals surface area (Å²) < 4.78 is 0. The highest BCUT2D eigenvalue weighted by molar-refractivity contribution is 5.95. The number of benzene rings is 3. The summed E-state index contributed by atoms with van der Waals surface area (Å²) in [6.45, 7) is 17.5. The predicted molar refractivity (Wildman–Crippen MR) is 143 cm³/mol. The van der Waals surface area contributed by atoms with Crippen LogP contribution in [0.15, 0.2) is 65.7 Å². The minimum atomic E-state index is 0.177. The van der Waals surface area contributed by atoms with E-state index in [0.717, 1.165) is 40.9 Å². The van der Waals surface area contributed by atoms with E-state index in [2.05, 4.69) is 119 Å². The molecule has 168 valence electrons. The summed E-state index contributed by atoms with van der Waals surface area (Å²) in [5, 5.41) is 3.39. The van der Waals surface area contributed by atoms with Gasteiger partial charge in [0, 0.05) is 18.2 Å². The van der Waals surface area contributed by atoms with Crippen molar-refractivity contribution in [2.75, 3.05) is 12.4 Å². The maximum Gasteiger partial charge on any atom is 0.0938 e. The van der Waals surface area contributed by atoms with Crippen molar-refractivity contribution in [1.82, 2.24) is 0 Å². The molecule has 0 bridgehead atoms. The Hall–Kier alpha value is -2.87. The average molecular weight is 427 g/mol. The summed E-state index contributed by atoms with van der Waals surface area (Å²) in [4.78, 5) is 4.45. The molecule has 3 aromatic carbocycles. The van der Waals surface area contributed by atoms with E-state index >= 15 is 0 Å². The monoisotopic (exact) mass is 426 g/mol. The van der Waals surface area contributed by atoms with E-state index < -0.39 is 0 Å². The third kappa shape index (κ3) is 4.50. The van der Waals surface area contributed by atoms with Gasteiger partial charge in [0.25, 0.3) is 0 Å². The number of aliphatic imine (C=N–C) groups is 1. The van der Waals surface area contributed by atoms with Gasteiger partial charge < -0.3 is 5.32 Å². The topological polar surface area (TPSA) is 24.4 Å². The van der Waals surface area contributed by atoms with Gasteiger partial charge in [0.1, 0.15) is 0 Å². The fourth-order valence-corrected chi connectivity index (χ4v) is 4.09. The molecule has 0 saturated heterocycles. The molecule has 32 heavy (non-hydrogen) atoms. The molecule has 1 N–H and O–H groups in total. The van der Waals surface area contributed by atoms with E-state index in [1.54, 1.807) is 0 Å².